The van der Waals surface area contributed by atoms with E-state index in [0.29, 0.717) is 15.8 Å². The molecule has 1 aromatic heterocycles. The number of hydrogen-bond acceptors (Lipinski definition) is 6. The number of benzene rings is 1. The van der Waals surface area contributed by atoms with Gasteiger partial charge in [-0.1, -0.05) is 32.4 Å². The van der Waals surface area contributed by atoms with Gasteiger partial charge in [0.05, 0.1) is 21.5 Å². The van der Waals surface area contributed by atoms with Gasteiger partial charge in [0.1, 0.15) is 12.6 Å². The van der Waals surface area contributed by atoms with Crippen LogP contribution in [0.25, 0.3) is 0 Å². The number of carbonyl (C=O) groups excluding carboxylic acids is 3. The highest BCUT2D eigenvalue weighted by Gasteiger charge is 2.27. The molecule has 1 aliphatic heterocycles. The van der Waals surface area contributed by atoms with Crippen molar-refractivity contribution in [2.24, 2.45) is 5.41 Å². The number of anilines is 2. The fraction of sp³-hybridized carbons (Fsp3) is 0.458. The minimum absolute atomic E-state index is 0.0294. The van der Waals surface area contributed by atoms with E-state index in [0.717, 1.165) is 17.4 Å². The standard InChI is InChI=1S/C24H29ClF2N4O4S/c1-24(2,3)13-29-16(11-28-23(34)18-6-7-19(25)36-18)22(33)30-14-4-5-17(15(10-14)21(26)27)31-8-9-35-12-20(31)32/h4-7,10,16,21,29H,8-9,11-13H2,1-3H3,(H,28,34)(H,30,33)/t16-/m0/s1. The van der Waals surface area contributed by atoms with E-state index in [4.69, 9.17) is 16.3 Å². The SMILES string of the molecule is CC(C)(C)CN[C@@H](CNC(=O)c1ccc(Cl)s1)C(=O)Nc1ccc(N2CCOCC2=O)c(C(F)F)c1. The number of alkyl halides is 2. The highest BCUT2D eigenvalue weighted by molar-refractivity contribution is 7.18. The second-order valence-electron chi connectivity index (χ2n) is 9.47. The number of nitrogens with zero attached hydrogens (tertiary/aromatic N) is 1. The van der Waals surface area contributed by atoms with Gasteiger partial charge in [0, 0.05) is 30.9 Å². The van der Waals surface area contributed by atoms with E-state index in [1.165, 1.54) is 17.0 Å². The van der Waals surface area contributed by atoms with Crippen molar-refractivity contribution in [3.63, 3.8) is 0 Å². The first kappa shape index (κ1) is 28.0. The highest BCUT2D eigenvalue weighted by atomic mass is 35.5. The van der Waals surface area contributed by atoms with Crippen molar-refractivity contribution in [3.8, 4) is 0 Å². The Hall–Kier alpha value is -2.60. The summed E-state index contributed by atoms with van der Waals surface area (Å²) < 4.78 is 33.3. The lowest BCUT2D eigenvalue weighted by atomic mass is 9.96. The number of hydrogen-bond donors (Lipinski definition) is 3. The third-order valence-electron chi connectivity index (χ3n) is 5.27. The minimum atomic E-state index is -2.86. The molecule has 196 valence electrons. The Morgan fingerprint density at radius 2 is 1.97 bits per heavy atom. The molecular formula is C24H29ClF2N4O4S. The molecule has 2 heterocycles. The van der Waals surface area contributed by atoms with Gasteiger partial charge in [-0.2, -0.15) is 0 Å². The summed E-state index contributed by atoms with van der Waals surface area (Å²) in [6.07, 6.45) is -2.86. The van der Waals surface area contributed by atoms with E-state index in [2.05, 4.69) is 16.0 Å². The average molecular weight is 543 g/mol. The van der Waals surface area contributed by atoms with Crippen molar-refractivity contribution in [3.05, 3.63) is 45.1 Å². The molecule has 1 aliphatic rings. The molecule has 0 spiro atoms. The maximum absolute atomic E-state index is 13.9. The van der Waals surface area contributed by atoms with E-state index in [-0.39, 0.29) is 54.6 Å². The lowest BCUT2D eigenvalue weighted by Gasteiger charge is -2.29. The zero-order valence-corrected chi connectivity index (χ0v) is 21.8. The van der Waals surface area contributed by atoms with Crippen LogP contribution in [-0.2, 0) is 14.3 Å². The topological polar surface area (TPSA) is 99.8 Å². The molecule has 1 fully saturated rings. The van der Waals surface area contributed by atoms with Crippen LogP contribution in [0.2, 0.25) is 4.34 Å². The molecule has 1 atom stereocenters. The first-order chi connectivity index (χ1) is 16.9. The summed E-state index contributed by atoms with van der Waals surface area (Å²) in [5.74, 6) is -1.28. The monoisotopic (exact) mass is 542 g/mol. The van der Waals surface area contributed by atoms with Crippen LogP contribution in [0.1, 0.15) is 42.4 Å². The third-order valence-corrected chi connectivity index (χ3v) is 6.50. The molecule has 0 bridgehead atoms. The van der Waals surface area contributed by atoms with E-state index in [1.54, 1.807) is 12.1 Å². The van der Waals surface area contributed by atoms with Crippen molar-refractivity contribution in [2.75, 3.05) is 43.1 Å². The van der Waals surface area contributed by atoms with Crippen molar-refractivity contribution in [1.82, 2.24) is 10.6 Å². The van der Waals surface area contributed by atoms with Crippen LogP contribution in [0.3, 0.4) is 0 Å². The Kier molecular flexibility index (Phi) is 9.40. The van der Waals surface area contributed by atoms with Gasteiger partial charge in [0.2, 0.25) is 5.91 Å². The Labute approximate surface area is 217 Å². The molecule has 0 radical (unpaired) electrons. The van der Waals surface area contributed by atoms with Crippen molar-refractivity contribution < 1.29 is 27.9 Å². The summed E-state index contributed by atoms with van der Waals surface area (Å²) in [6, 6.07) is 6.38. The number of halogens is 3. The number of thiophene rings is 1. The molecule has 8 nitrogen and oxygen atoms in total. The van der Waals surface area contributed by atoms with Crippen LogP contribution in [-0.4, -0.2) is 56.6 Å². The number of nitrogens with one attached hydrogen (secondary N) is 3. The second-order valence-corrected chi connectivity index (χ2v) is 11.2. The summed E-state index contributed by atoms with van der Waals surface area (Å²) in [5.41, 5.74) is -0.289. The van der Waals surface area contributed by atoms with Gasteiger partial charge >= 0.3 is 0 Å². The van der Waals surface area contributed by atoms with Gasteiger partial charge in [-0.3, -0.25) is 14.4 Å². The predicted octanol–water partition coefficient (Wildman–Crippen LogP) is 4.08. The fourth-order valence-corrected chi connectivity index (χ4v) is 4.42. The van der Waals surface area contributed by atoms with Crippen LogP contribution in [0.4, 0.5) is 20.2 Å². The summed E-state index contributed by atoms with van der Waals surface area (Å²) in [4.78, 5) is 39.3. The Bertz CT molecular complexity index is 1110. The number of rotatable bonds is 9. The number of morpholine rings is 1. The Morgan fingerprint density at radius 3 is 2.58 bits per heavy atom. The zero-order chi connectivity index (χ0) is 26.5. The van der Waals surface area contributed by atoms with Gasteiger partial charge in [0.25, 0.3) is 18.2 Å². The lowest BCUT2D eigenvalue weighted by Crippen LogP contribution is -2.50. The number of amides is 3. The van der Waals surface area contributed by atoms with Crippen molar-refractivity contribution >= 4 is 52.0 Å². The second kappa shape index (κ2) is 12.1. The quantitative estimate of drug-likeness (QED) is 0.443. The van der Waals surface area contributed by atoms with Gasteiger partial charge in [-0.05, 0) is 35.7 Å². The Morgan fingerprint density at radius 1 is 1.22 bits per heavy atom. The maximum atomic E-state index is 13.9. The smallest absolute Gasteiger partial charge is 0.265 e. The average Bonchev–Trinajstić information content (AvgIpc) is 3.25. The molecule has 0 unspecified atom stereocenters. The first-order valence-electron chi connectivity index (χ1n) is 11.3. The molecule has 2 aromatic rings. The molecule has 3 rings (SSSR count). The van der Waals surface area contributed by atoms with Crippen molar-refractivity contribution in [1.29, 1.82) is 0 Å². The summed E-state index contributed by atoms with van der Waals surface area (Å²) in [5, 5.41) is 8.50. The van der Waals surface area contributed by atoms with Gasteiger partial charge in [-0.15, -0.1) is 11.3 Å². The fourth-order valence-electron chi connectivity index (χ4n) is 3.46. The zero-order valence-electron chi connectivity index (χ0n) is 20.2. The van der Waals surface area contributed by atoms with E-state index in [9.17, 15) is 23.2 Å². The van der Waals surface area contributed by atoms with E-state index in [1.807, 2.05) is 20.8 Å². The molecule has 0 saturated carbocycles. The van der Waals surface area contributed by atoms with Crippen LogP contribution in [0, 0.1) is 5.41 Å². The van der Waals surface area contributed by atoms with Crippen LogP contribution < -0.4 is 20.9 Å². The molecule has 0 aliphatic carbocycles. The minimum Gasteiger partial charge on any atom is -0.370 e. The molecule has 3 N–H and O–H groups in total. The van der Waals surface area contributed by atoms with Gasteiger partial charge < -0.3 is 25.6 Å². The third kappa shape index (κ3) is 7.70. The summed E-state index contributed by atoms with van der Waals surface area (Å²) in [7, 11) is 0. The van der Waals surface area contributed by atoms with Crippen LogP contribution in [0.5, 0.6) is 0 Å². The van der Waals surface area contributed by atoms with Gasteiger partial charge in [0.15, 0.2) is 0 Å². The summed E-state index contributed by atoms with van der Waals surface area (Å²) >= 11 is 7.01. The number of ether oxygens (including phenoxy) is 1. The van der Waals surface area contributed by atoms with Crippen LogP contribution >= 0.6 is 22.9 Å². The predicted molar refractivity (Wildman–Crippen MR) is 136 cm³/mol. The summed E-state index contributed by atoms with van der Waals surface area (Å²) in [6.45, 7) is 6.64. The molecule has 36 heavy (non-hydrogen) atoms. The molecular weight excluding hydrogens is 514 g/mol. The largest absolute Gasteiger partial charge is 0.370 e. The highest BCUT2D eigenvalue weighted by Crippen LogP contribution is 2.33. The molecule has 12 heteroatoms. The molecule has 1 aromatic carbocycles. The van der Waals surface area contributed by atoms with Gasteiger partial charge in [-0.25, -0.2) is 8.78 Å². The maximum Gasteiger partial charge on any atom is 0.265 e. The van der Waals surface area contributed by atoms with Crippen LogP contribution in [0.15, 0.2) is 30.3 Å². The Balaban J connectivity index is 1.75. The van der Waals surface area contributed by atoms with E-state index >= 15 is 0 Å². The first-order valence-corrected chi connectivity index (χ1v) is 12.5. The molecule has 3 amide bonds. The van der Waals surface area contributed by atoms with E-state index < -0.39 is 24.3 Å². The normalized spacial score (nSPS) is 15.2. The molecule has 1 saturated heterocycles. The number of carbonyl (C=O) groups is 3. The lowest BCUT2D eigenvalue weighted by molar-refractivity contribution is -0.125. The van der Waals surface area contributed by atoms with Crippen molar-refractivity contribution in [2.45, 2.75) is 33.2 Å².